The Morgan fingerprint density at radius 3 is 2.11 bits per heavy atom. The van der Waals surface area contributed by atoms with Crippen LogP contribution >= 0.6 is 11.6 Å². The van der Waals surface area contributed by atoms with Crippen molar-refractivity contribution in [1.29, 1.82) is 0 Å². The number of halogens is 1. The van der Waals surface area contributed by atoms with E-state index in [0.717, 1.165) is 48.3 Å². The SMILES string of the molecule is Cc1c(/C=N/N2CCN(C)CC2)c2ccccc2n1S(=O)(=O)c1ccc(-c2ccc(Cl)cc2)cc1. The Morgan fingerprint density at radius 1 is 0.857 bits per heavy atom. The molecule has 6 nitrogen and oxygen atoms in total. The van der Waals surface area contributed by atoms with E-state index in [1.165, 1.54) is 3.97 Å². The first-order chi connectivity index (χ1) is 16.8. The Labute approximate surface area is 211 Å². The van der Waals surface area contributed by atoms with Crippen LogP contribution in [0.2, 0.25) is 5.02 Å². The number of rotatable bonds is 5. The number of nitrogens with zero attached hydrogens (tertiary/aromatic N) is 4. The van der Waals surface area contributed by atoms with Crippen molar-refractivity contribution >= 4 is 38.7 Å². The van der Waals surface area contributed by atoms with Crippen molar-refractivity contribution in [3.05, 3.63) is 89.1 Å². The van der Waals surface area contributed by atoms with Crippen LogP contribution in [0.1, 0.15) is 11.3 Å². The normalized spacial score (nSPS) is 15.3. The van der Waals surface area contributed by atoms with Crippen LogP contribution in [0.15, 0.2) is 82.8 Å². The van der Waals surface area contributed by atoms with Gasteiger partial charge in [-0.2, -0.15) is 5.10 Å². The van der Waals surface area contributed by atoms with Crippen molar-refractivity contribution in [2.75, 3.05) is 33.2 Å². The topological polar surface area (TPSA) is 57.9 Å². The molecule has 8 heteroatoms. The van der Waals surface area contributed by atoms with Gasteiger partial charge in [-0.3, -0.25) is 5.01 Å². The molecule has 0 unspecified atom stereocenters. The van der Waals surface area contributed by atoms with Gasteiger partial charge in [0.1, 0.15) is 0 Å². The molecule has 0 bridgehead atoms. The van der Waals surface area contributed by atoms with E-state index in [4.69, 9.17) is 11.6 Å². The number of hydrogen-bond acceptors (Lipinski definition) is 5. The molecular formula is C27H27ClN4O2S. The zero-order chi connectivity index (χ0) is 24.6. The van der Waals surface area contributed by atoms with Crippen LogP contribution in [0, 0.1) is 6.92 Å². The Hall–Kier alpha value is -3.13. The molecular weight excluding hydrogens is 480 g/mol. The van der Waals surface area contributed by atoms with Crippen molar-refractivity contribution in [1.82, 2.24) is 13.9 Å². The van der Waals surface area contributed by atoms with Crippen molar-refractivity contribution in [3.63, 3.8) is 0 Å². The quantitative estimate of drug-likeness (QED) is 0.354. The highest BCUT2D eigenvalue weighted by Gasteiger charge is 2.24. The molecule has 0 saturated carbocycles. The van der Waals surface area contributed by atoms with Gasteiger partial charge in [0.05, 0.1) is 16.6 Å². The average Bonchev–Trinajstić information content (AvgIpc) is 3.16. The number of hydrogen-bond donors (Lipinski definition) is 0. The van der Waals surface area contributed by atoms with Crippen molar-refractivity contribution in [3.8, 4) is 11.1 Å². The summed E-state index contributed by atoms with van der Waals surface area (Å²) in [5.74, 6) is 0. The van der Waals surface area contributed by atoms with Gasteiger partial charge in [0.25, 0.3) is 10.0 Å². The number of benzene rings is 3. The second-order valence-corrected chi connectivity index (χ2v) is 11.0. The fourth-order valence-electron chi connectivity index (χ4n) is 4.45. The van der Waals surface area contributed by atoms with E-state index in [-0.39, 0.29) is 4.90 Å². The molecule has 0 amide bonds. The minimum absolute atomic E-state index is 0.238. The highest BCUT2D eigenvalue weighted by molar-refractivity contribution is 7.90. The second-order valence-electron chi connectivity index (χ2n) is 8.82. The maximum atomic E-state index is 13.8. The maximum Gasteiger partial charge on any atom is 0.268 e. The van der Waals surface area contributed by atoms with Crippen molar-refractivity contribution in [2.24, 2.45) is 5.10 Å². The number of piperazine rings is 1. The van der Waals surface area contributed by atoms with Crippen LogP contribution in [0.4, 0.5) is 0 Å². The van der Waals surface area contributed by atoms with Gasteiger partial charge in [-0.1, -0.05) is 54.1 Å². The number of hydrazone groups is 1. The van der Waals surface area contributed by atoms with Crippen LogP contribution in [-0.2, 0) is 10.0 Å². The number of likely N-dealkylation sites (N-methyl/N-ethyl adjacent to an activating group) is 1. The first-order valence-electron chi connectivity index (χ1n) is 11.5. The number of aromatic nitrogens is 1. The van der Waals surface area contributed by atoms with E-state index < -0.39 is 10.0 Å². The first-order valence-corrected chi connectivity index (χ1v) is 13.4. The molecule has 1 saturated heterocycles. The Bertz CT molecular complexity index is 1480. The van der Waals surface area contributed by atoms with Gasteiger partial charge in [0.2, 0.25) is 0 Å². The van der Waals surface area contributed by atoms with Crippen LogP contribution < -0.4 is 0 Å². The fraction of sp³-hybridized carbons (Fsp3) is 0.222. The molecule has 180 valence electrons. The lowest BCUT2D eigenvalue weighted by atomic mass is 10.1. The molecule has 4 aromatic rings. The van der Waals surface area contributed by atoms with Gasteiger partial charge >= 0.3 is 0 Å². The number of fused-ring (bicyclic) bond motifs is 1. The highest BCUT2D eigenvalue weighted by atomic mass is 35.5. The summed E-state index contributed by atoms with van der Waals surface area (Å²) in [6.07, 6.45) is 1.80. The van der Waals surface area contributed by atoms with E-state index in [1.807, 2.05) is 72.6 Å². The fourth-order valence-corrected chi connectivity index (χ4v) is 6.15. The number of para-hydroxylation sites is 1. The monoisotopic (exact) mass is 506 g/mol. The van der Waals surface area contributed by atoms with Crippen LogP contribution in [0.3, 0.4) is 0 Å². The molecule has 35 heavy (non-hydrogen) atoms. The van der Waals surface area contributed by atoms with Gasteiger partial charge < -0.3 is 4.90 Å². The molecule has 0 N–H and O–H groups in total. The standard InChI is InChI=1S/C27H27ClN4O2S/c1-20-26(19-29-31-17-15-30(2)16-18-31)25-5-3-4-6-27(25)32(20)35(33,34)24-13-9-22(10-14-24)21-7-11-23(28)12-8-21/h3-14,19H,15-18H2,1-2H3/b29-19+. The minimum atomic E-state index is -3.82. The summed E-state index contributed by atoms with van der Waals surface area (Å²) in [7, 11) is -1.72. The molecule has 1 aromatic heterocycles. The van der Waals surface area contributed by atoms with Gasteiger partial charge in [-0.05, 0) is 55.4 Å². The van der Waals surface area contributed by atoms with Crippen LogP contribution in [-0.4, -0.2) is 61.7 Å². The van der Waals surface area contributed by atoms with Crippen molar-refractivity contribution in [2.45, 2.75) is 11.8 Å². The highest BCUT2D eigenvalue weighted by Crippen LogP contribution is 2.30. The lowest BCUT2D eigenvalue weighted by Gasteiger charge is -2.30. The third kappa shape index (κ3) is 4.59. The molecule has 2 heterocycles. The van der Waals surface area contributed by atoms with E-state index in [2.05, 4.69) is 17.0 Å². The smallest absolute Gasteiger partial charge is 0.268 e. The van der Waals surface area contributed by atoms with Gasteiger partial charge in [0, 0.05) is 47.8 Å². The minimum Gasteiger partial charge on any atom is -0.303 e. The molecule has 5 rings (SSSR count). The van der Waals surface area contributed by atoms with Gasteiger partial charge in [-0.15, -0.1) is 0 Å². The van der Waals surface area contributed by atoms with E-state index in [1.54, 1.807) is 18.3 Å². The Kier molecular flexibility index (Phi) is 6.40. The van der Waals surface area contributed by atoms with E-state index in [0.29, 0.717) is 16.2 Å². The van der Waals surface area contributed by atoms with Crippen LogP contribution in [0.5, 0.6) is 0 Å². The van der Waals surface area contributed by atoms with Crippen LogP contribution in [0.25, 0.3) is 22.0 Å². The lowest BCUT2D eigenvalue weighted by Crippen LogP contribution is -2.41. The zero-order valence-corrected chi connectivity index (χ0v) is 21.3. The second kappa shape index (κ2) is 9.49. The molecule has 0 spiro atoms. The summed E-state index contributed by atoms with van der Waals surface area (Å²) in [4.78, 5) is 2.51. The summed E-state index contributed by atoms with van der Waals surface area (Å²) in [5.41, 5.74) is 4.01. The molecule has 3 aromatic carbocycles. The largest absolute Gasteiger partial charge is 0.303 e. The zero-order valence-electron chi connectivity index (χ0n) is 19.7. The summed E-state index contributed by atoms with van der Waals surface area (Å²) in [6, 6.07) is 22.0. The summed E-state index contributed by atoms with van der Waals surface area (Å²) < 4.78 is 29.0. The molecule has 1 aliphatic rings. The van der Waals surface area contributed by atoms with E-state index >= 15 is 0 Å². The Balaban J connectivity index is 1.52. The molecule has 0 atom stereocenters. The lowest BCUT2D eigenvalue weighted by molar-refractivity contribution is 0.159. The Morgan fingerprint density at radius 2 is 1.46 bits per heavy atom. The third-order valence-corrected chi connectivity index (χ3v) is 8.58. The molecule has 0 radical (unpaired) electrons. The molecule has 0 aliphatic carbocycles. The predicted octanol–water partition coefficient (Wildman–Crippen LogP) is 5.09. The average molecular weight is 507 g/mol. The maximum absolute atomic E-state index is 13.8. The van der Waals surface area contributed by atoms with Crippen molar-refractivity contribution < 1.29 is 8.42 Å². The summed E-state index contributed by atoms with van der Waals surface area (Å²) in [5, 5.41) is 8.25. The summed E-state index contributed by atoms with van der Waals surface area (Å²) in [6.45, 7) is 5.45. The third-order valence-electron chi connectivity index (χ3n) is 6.51. The predicted molar refractivity (Wildman–Crippen MR) is 143 cm³/mol. The van der Waals surface area contributed by atoms with Gasteiger partial charge in [-0.25, -0.2) is 12.4 Å². The molecule has 1 aliphatic heterocycles. The molecule has 1 fully saturated rings. The van der Waals surface area contributed by atoms with Gasteiger partial charge in [0.15, 0.2) is 0 Å². The van der Waals surface area contributed by atoms with E-state index in [9.17, 15) is 8.42 Å². The summed E-state index contributed by atoms with van der Waals surface area (Å²) >= 11 is 5.99. The first kappa shape index (κ1) is 23.6.